The molecule has 1 aliphatic heterocycles. The molecule has 1 aliphatic rings. The predicted molar refractivity (Wildman–Crippen MR) is 89.3 cm³/mol. The Morgan fingerprint density at radius 2 is 2.17 bits per heavy atom. The van der Waals surface area contributed by atoms with Crippen molar-refractivity contribution in [2.45, 2.75) is 25.5 Å². The molecule has 7 nitrogen and oxygen atoms in total. The summed E-state index contributed by atoms with van der Waals surface area (Å²) in [4.78, 5) is 17.0. The van der Waals surface area contributed by atoms with E-state index in [-0.39, 0.29) is 16.5 Å². The molecule has 1 fully saturated rings. The number of aliphatic hydroxyl groups is 1. The largest absolute Gasteiger partial charge is 0.385 e. The summed E-state index contributed by atoms with van der Waals surface area (Å²) < 4.78 is 1.86. The number of hydrogen-bond donors (Lipinski definition) is 1. The normalized spacial score (nSPS) is 17.8. The third kappa shape index (κ3) is 3.63. The summed E-state index contributed by atoms with van der Waals surface area (Å²) in [5.74, 6) is 0.916. The average Bonchev–Trinajstić information content (AvgIpc) is 3.01. The number of rotatable bonds is 5. The smallest absolute Gasteiger partial charge is 0.269 e. The van der Waals surface area contributed by atoms with E-state index in [0.29, 0.717) is 12.4 Å². The maximum atomic E-state index is 10.9. The van der Waals surface area contributed by atoms with Crippen molar-refractivity contribution >= 4 is 5.69 Å². The number of aliphatic hydroxyl groups excluding tert-OH is 1. The van der Waals surface area contributed by atoms with Crippen molar-refractivity contribution < 1.29 is 10.0 Å². The van der Waals surface area contributed by atoms with Crippen LogP contribution in [0.15, 0.2) is 36.7 Å². The topological polar surface area (TPSA) is 84.4 Å². The van der Waals surface area contributed by atoms with Crippen LogP contribution in [0.25, 0.3) is 0 Å². The van der Waals surface area contributed by atoms with Crippen LogP contribution in [0.5, 0.6) is 0 Å². The summed E-state index contributed by atoms with van der Waals surface area (Å²) in [5.41, 5.74) is 1.08. The van der Waals surface area contributed by atoms with E-state index in [1.165, 1.54) is 6.07 Å². The lowest BCUT2D eigenvalue weighted by molar-refractivity contribution is -0.384. The van der Waals surface area contributed by atoms with Gasteiger partial charge in [0, 0.05) is 38.1 Å². The van der Waals surface area contributed by atoms with Gasteiger partial charge < -0.3 is 9.67 Å². The quantitative estimate of drug-likeness (QED) is 0.671. The van der Waals surface area contributed by atoms with Crippen LogP contribution in [0.3, 0.4) is 0 Å². The lowest BCUT2D eigenvalue weighted by atomic mass is 9.90. The Morgan fingerprint density at radius 3 is 2.79 bits per heavy atom. The van der Waals surface area contributed by atoms with Crippen LogP contribution in [0, 0.1) is 16.0 Å². The van der Waals surface area contributed by atoms with Gasteiger partial charge in [0.15, 0.2) is 0 Å². The molecule has 0 bridgehead atoms. The van der Waals surface area contributed by atoms with E-state index in [4.69, 9.17) is 0 Å². The second kappa shape index (κ2) is 7.11. The Balaban J connectivity index is 1.56. The van der Waals surface area contributed by atoms with Gasteiger partial charge in [-0.15, -0.1) is 0 Å². The van der Waals surface area contributed by atoms with Crippen molar-refractivity contribution in [1.29, 1.82) is 0 Å². The van der Waals surface area contributed by atoms with E-state index in [0.717, 1.165) is 31.5 Å². The van der Waals surface area contributed by atoms with Crippen molar-refractivity contribution in [3.63, 3.8) is 0 Å². The molecule has 1 unspecified atom stereocenters. The van der Waals surface area contributed by atoms with E-state index < -0.39 is 6.10 Å². The highest BCUT2D eigenvalue weighted by Crippen LogP contribution is 2.30. The maximum Gasteiger partial charge on any atom is 0.269 e. The number of nitro groups is 1. The third-order valence-corrected chi connectivity index (χ3v) is 4.73. The molecule has 1 atom stereocenters. The molecule has 0 saturated carbocycles. The maximum absolute atomic E-state index is 10.9. The minimum Gasteiger partial charge on any atom is -0.385 e. The molecule has 0 aliphatic carbocycles. The number of piperidine rings is 1. The van der Waals surface area contributed by atoms with E-state index in [2.05, 4.69) is 9.88 Å². The first kappa shape index (κ1) is 16.6. The van der Waals surface area contributed by atoms with E-state index >= 15 is 0 Å². The number of nitrogens with zero attached hydrogens (tertiary/aromatic N) is 4. The van der Waals surface area contributed by atoms with Gasteiger partial charge in [-0.25, -0.2) is 4.98 Å². The van der Waals surface area contributed by atoms with Gasteiger partial charge in [-0.05, 0) is 37.4 Å². The fourth-order valence-electron chi connectivity index (χ4n) is 3.33. The average molecular weight is 330 g/mol. The molecule has 1 aromatic carbocycles. The molecule has 128 valence electrons. The van der Waals surface area contributed by atoms with Gasteiger partial charge in [0.05, 0.1) is 4.92 Å². The van der Waals surface area contributed by atoms with Gasteiger partial charge in [0.1, 0.15) is 11.9 Å². The SMILES string of the molecule is Cn1ccnc1C(O)C1CCN(Cc2cccc([N+](=O)[O-])c2)CC1. The van der Waals surface area contributed by atoms with Crippen LogP contribution >= 0.6 is 0 Å². The first-order valence-corrected chi connectivity index (χ1v) is 8.15. The summed E-state index contributed by atoms with van der Waals surface area (Å²) in [6, 6.07) is 6.79. The molecule has 1 aromatic heterocycles. The summed E-state index contributed by atoms with van der Waals surface area (Å²) in [7, 11) is 1.89. The first-order valence-electron chi connectivity index (χ1n) is 8.15. The monoisotopic (exact) mass is 330 g/mol. The molecule has 3 rings (SSSR count). The Kier molecular flexibility index (Phi) is 4.92. The highest BCUT2D eigenvalue weighted by atomic mass is 16.6. The summed E-state index contributed by atoms with van der Waals surface area (Å²) >= 11 is 0. The number of imidazole rings is 1. The van der Waals surface area contributed by atoms with Crippen molar-refractivity contribution in [3.8, 4) is 0 Å². The van der Waals surface area contributed by atoms with Gasteiger partial charge in [-0.2, -0.15) is 0 Å². The number of benzene rings is 1. The Labute approximate surface area is 140 Å². The lowest BCUT2D eigenvalue weighted by Gasteiger charge is -2.34. The van der Waals surface area contributed by atoms with Gasteiger partial charge >= 0.3 is 0 Å². The molecule has 7 heteroatoms. The summed E-state index contributed by atoms with van der Waals surface area (Å²) in [5, 5.41) is 21.4. The van der Waals surface area contributed by atoms with Crippen molar-refractivity contribution in [2.24, 2.45) is 13.0 Å². The Bertz CT molecular complexity index is 707. The van der Waals surface area contributed by atoms with Crippen LogP contribution in [-0.4, -0.2) is 37.6 Å². The molecule has 0 amide bonds. The van der Waals surface area contributed by atoms with E-state index in [9.17, 15) is 15.2 Å². The molecule has 2 heterocycles. The van der Waals surface area contributed by atoms with E-state index in [1.807, 2.05) is 23.9 Å². The predicted octanol–water partition coefficient (Wildman–Crippen LogP) is 2.27. The number of non-ortho nitro benzene ring substituents is 1. The zero-order valence-electron chi connectivity index (χ0n) is 13.7. The molecule has 1 saturated heterocycles. The second-order valence-corrected chi connectivity index (χ2v) is 6.38. The fourth-order valence-corrected chi connectivity index (χ4v) is 3.33. The van der Waals surface area contributed by atoms with Crippen LogP contribution < -0.4 is 0 Å². The third-order valence-electron chi connectivity index (χ3n) is 4.73. The minimum atomic E-state index is -0.537. The molecular formula is C17H22N4O3. The zero-order chi connectivity index (χ0) is 17.1. The molecule has 2 aromatic rings. The number of likely N-dealkylation sites (tertiary alicyclic amines) is 1. The highest BCUT2D eigenvalue weighted by molar-refractivity contribution is 5.34. The zero-order valence-corrected chi connectivity index (χ0v) is 13.7. The Hall–Kier alpha value is -2.25. The van der Waals surface area contributed by atoms with Crippen LogP contribution in [-0.2, 0) is 13.6 Å². The number of aryl methyl sites for hydroxylation is 1. The van der Waals surface area contributed by atoms with Gasteiger partial charge in [-0.1, -0.05) is 12.1 Å². The molecule has 0 spiro atoms. The highest BCUT2D eigenvalue weighted by Gasteiger charge is 2.28. The number of hydrogen-bond acceptors (Lipinski definition) is 5. The molecule has 1 N–H and O–H groups in total. The van der Waals surface area contributed by atoms with Crippen LogP contribution in [0.2, 0.25) is 0 Å². The van der Waals surface area contributed by atoms with Gasteiger partial charge in [0.25, 0.3) is 5.69 Å². The van der Waals surface area contributed by atoms with Crippen molar-refractivity contribution in [1.82, 2.24) is 14.5 Å². The van der Waals surface area contributed by atoms with Crippen molar-refractivity contribution in [3.05, 3.63) is 58.2 Å². The van der Waals surface area contributed by atoms with Gasteiger partial charge in [-0.3, -0.25) is 15.0 Å². The second-order valence-electron chi connectivity index (χ2n) is 6.38. The first-order chi connectivity index (χ1) is 11.5. The number of nitro benzene ring substituents is 1. The van der Waals surface area contributed by atoms with Crippen LogP contribution in [0.1, 0.15) is 30.3 Å². The van der Waals surface area contributed by atoms with E-state index in [1.54, 1.807) is 18.3 Å². The summed E-state index contributed by atoms with van der Waals surface area (Å²) in [6.07, 6.45) is 4.79. The summed E-state index contributed by atoms with van der Waals surface area (Å²) in [6.45, 7) is 2.44. The van der Waals surface area contributed by atoms with Crippen LogP contribution in [0.4, 0.5) is 5.69 Å². The number of aromatic nitrogens is 2. The Morgan fingerprint density at radius 1 is 1.42 bits per heavy atom. The van der Waals surface area contributed by atoms with Gasteiger partial charge in [0.2, 0.25) is 0 Å². The minimum absolute atomic E-state index is 0.132. The molecule has 24 heavy (non-hydrogen) atoms. The molecule has 0 radical (unpaired) electrons. The fraction of sp³-hybridized carbons (Fsp3) is 0.471. The molecular weight excluding hydrogens is 308 g/mol. The lowest BCUT2D eigenvalue weighted by Crippen LogP contribution is -2.35. The standard InChI is InChI=1S/C17H22N4O3/c1-19-10-7-18-17(19)16(22)14-5-8-20(9-6-14)12-13-3-2-4-15(11-13)21(23)24/h2-4,7,10-11,14,16,22H,5-6,8-9,12H2,1H3. The van der Waals surface area contributed by atoms with Crippen molar-refractivity contribution in [2.75, 3.05) is 13.1 Å².